The Kier molecular flexibility index (Phi) is 6.45. The summed E-state index contributed by atoms with van der Waals surface area (Å²) in [7, 11) is -4.99. The van der Waals surface area contributed by atoms with Gasteiger partial charge in [0.15, 0.2) is 0 Å². The van der Waals surface area contributed by atoms with Crippen LogP contribution in [0.5, 0.6) is 5.75 Å². The number of halogens is 4. The smallest absolute Gasteiger partial charge is 0.420 e. The van der Waals surface area contributed by atoms with Gasteiger partial charge >= 0.3 is 13.8 Å². The van der Waals surface area contributed by atoms with Gasteiger partial charge in [-0.25, -0.2) is 9.55 Å². The third-order valence-electron chi connectivity index (χ3n) is 2.56. The van der Waals surface area contributed by atoms with E-state index in [2.05, 4.69) is 25.4 Å². The third kappa shape index (κ3) is 5.43. The maximum absolute atomic E-state index is 12.4. The topological polar surface area (TPSA) is 59.4 Å². The molecule has 0 amide bonds. The summed E-state index contributed by atoms with van der Waals surface area (Å²) in [5.41, 5.74) is 0.857. The Bertz CT molecular complexity index is 736. The second kappa shape index (κ2) is 7.94. The number of hydrogen-bond donors (Lipinski definition) is 1. The van der Waals surface area contributed by atoms with Crippen LogP contribution < -0.4 is 4.52 Å². The molecule has 0 aliphatic carbocycles. The van der Waals surface area contributed by atoms with Gasteiger partial charge in [0.2, 0.25) is 0 Å². The van der Waals surface area contributed by atoms with E-state index in [0.717, 1.165) is 10.6 Å². The fourth-order valence-electron chi connectivity index (χ4n) is 1.49. The van der Waals surface area contributed by atoms with Crippen LogP contribution in [-0.2, 0) is 10.3 Å². The second-order valence-corrected chi connectivity index (χ2v) is 8.29. The van der Waals surface area contributed by atoms with Gasteiger partial charge in [-0.15, -0.1) is 11.8 Å². The third-order valence-corrected chi connectivity index (χ3v) is 5.37. The van der Waals surface area contributed by atoms with Gasteiger partial charge in [0.1, 0.15) is 5.75 Å². The molecule has 1 N–H and O–H groups in total. The summed E-state index contributed by atoms with van der Waals surface area (Å²) in [6.07, 6.45) is -1.92. The molecule has 1 atom stereocenters. The van der Waals surface area contributed by atoms with Gasteiger partial charge in [-0.05, 0) is 45.8 Å². The Morgan fingerprint density at radius 2 is 2.13 bits per heavy atom. The Labute approximate surface area is 148 Å². The summed E-state index contributed by atoms with van der Waals surface area (Å²) in [6, 6.07) is 8.12. The molecule has 4 nitrogen and oxygen atoms in total. The molecule has 0 saturated heterocycles. The van der Waals surface area contributed by atoms with Gasteiger partial charge in [0, 0.05) is 11.9 Å². The van der Waals surface area contributed by atoms with Crippen LogP contribution in [0.1, 0.15) is 5.56 Å². The molecule has 1 aromatic carbocycles. The van der Waals surface area contributed by atoms with Crippen LogP contribution in [-0.4, -0.2) is 16.0 Å². The molecule has 1 heterocycles. The average Bonchev–Trinajstić information content (AvgIpc) is 2.49. The summed E-state index contributed by atoms with van der Waals surface area (Å²) in [4.78, 5) is 13.2. The van der Waals surface area contributed by atoms with Crippen molar-refractivity contribution < 1.29 is 22.8 Å². The zero-order valence-electron chi connectivity index (χ0n) is 11.3. The Hall–Kier alpha value is -0.660. The number of alkyl halides is 2. The molecule has 0 aliphatic rings. The van der Waals surface area contributed by atoms with Crippen LogP contribution >= 0.6 is 46.9 Å². The normalized spacial score (nSPS) is 13.8. The molecule has 0 bridgehead atoms. The first kappa shape index (κ1) is 18.7. The number of thioether (sulfide) groups is 1. The summed E-state index contributed by atoms with van der Waals surface area (Å²) in [5.74, 6) is 0.452. The molecule has 0 spiro atoms. The van der Waals surface area contributed by atoms with Gasteiger partial charge in [-0.1, -0.05) is 17.7 Å². The minimum Gasteiger partial charge on any atom is -0.420 e. The predicted molar refractivity (Wildman–Crippen MR) is 89.4 cm³/mol. The van der Waals surface area contributed by atoms with E-state index >= 15 is 0 Å². The predicted octanol–water partition coefficient (Wildman–Crippen LogP) is 5.58. The minimum absolute atomic E-state index is 0.116. The van der Waals surface area contributed by atoms with Crippen molar-refractivity contribution in [1.29, 1.82) is 0 Å². The zero-order chi connectivity index (χ0) is 17.0. The van der Waals surface area contributed by atoms with E-state index in [4.69, 9.17) is 16.5 Å². The average molecular weight is 445 g/mol. The first-order valence-corrected chi connectivity index (χ1v) is 9.91. The molecule has 2 aromatic rings. The molecule has 2 rings (SSSR count). The van der Waals surface area contributed by atoms with Crippen LogP contribution in [0.15, 0.2) is 46.0 Å². The molecule has 0 radical (unpaired) electrons. The molecule has 1 aromatic heterocycles. The maximum atomic E-state index is 12.4. The van der Waals surface area contributed by atoms with E-state index in [1.165, 1.54) is 17.8 Å². The standard InChI is InChI=1S/C13H10BrClF2NO3PS/c14-10-5-8(7-23-12-4-2-9(15)6-18-12)1-3-11(10)21-22(19,20)13(16)17/h1-6,13H,7H2,(H,19,20). The van der Waals surface area contributed by atoms with Crippen molar-refractivity contribution in [2.24, 2.45) is 0 Å². The summed E-state index contributed by atoms with van der Waals surface area (Å²) in [6.45, 7) is 0. The first-order chi connectivity index (χ1) is 10.8. The molecule has 0 aliphatic heterocycles. The number of hydrogen-bond acceptors (Lipinski definition) is 4. The Morgan fingerprint density at radius 3 is 2.70 bits per heavy atom. The summed E-state index contributed by atoms with van der Waals surface area (Å²) < 4.78 is 40.8. The van der Waals surface area contributed by atoms with Gasteiger partial charge < -0.3 is 9.42 Å². The van der Waals surface area contributed by atoms with Gasteiger partial charge in [-0.3, -0.25) is 0 Å². The van der Waals surface area contributed by atoms with E-state index < -0.39 is 13.8 Å². The number of aromatic nitrogens is 1. The molecule has 10 heteroatoms. The fraction of sp³-hybridized carbons (Fsp3) is 0.154. The lowest BCUT2D eigenvalue weighted by Crippen LogP contribution is -2.01. The van der Waals surface area contributed by atoms with E-state index in [-0.39, 0.29) is 5.75 Å². The molecule has 124 valence electrons. The van der Waals surface area contributed by atoms with Crippen molar-refractivity contribution in [2.45, 2.75) is 16.9 Å². The molecule has 0 saturated carbocycles. The fourth-order valence-corrected chi connectivity index (χ4v) is 3.54. The van der Waals surface area contributed by atoms with Crippen LogP contribution in [0.3, 0.4) is 0 Å². The zero-order valence-corrected chi connectivity index (χ0v) is 15.4. The van der Waals surface area contributed by atoms with E-state index in [1.807, 2.05) is 0 Å². The van der Waals surface area contributed by atoms with Crippen molar-refractivity contribution in [1.82, 2.24) is 4.98 Å². The summed E-state index contributed by atoms with van der Waals surface area (Å²) >= 11 is 10.4. The van der Waals surface area contributed by atoms with Crippen molar-refractivity contribution in [3.63, 3.8) is 0 Å². The van der Waals surface area contributed by atoms with Crippen molar-refractivity contribution in [3.05, 3.63) is 51.6 Å². The van der Waals surface area contributed by atoms with Crippen LogP contribution in [0, 0.1) is 0 Å². The Morgan fingerprint density at radius 1 is 1.39 bits per heavy atom. The molecular formula is C13H10BrClF2NO3PS. The SMILES string of the molecule is O=P(O)(Oc1ccc(CSc2ccc(Cl)cn2)cc1Br)C(F)F. The number of nitrogens with zero attached hydrogens (tertiary/aromatic N) is 1. The lowest BCUT2D eigenvalue weighted by molar-refractivity contribution is 0.188. The van der Waals surface area contributed by atoms with Crippen molar-refractivity contribution in [2.75, 3.05) is 0 Å². The number of pyridine rings is 1. The monoisotopic (exact) mass is 443 g/mol. The van der Waals surface area contributed by atoms with E-state index in [1.54, 1.807) is 30.5 Å². The van der Waals surface area contributed by atoms with Crippen molar-refractivity contribution in [3.8, 4) is 5.75 Å². The van der Waals surface area contributed by atoms with Gasteiger partial charge in [0.05, 0.1) is 14.5 Å². The van der Waals surface area contributed by atoms with Crippen LogP contribution in [0.4, 0.5) is 8.78 Å². The maximum Gasteiger partial charge on any atom is 0.442 e. The molecule has 0 fully saturated rings. The number of benzene rings is 1. The van der Waals surface area contributed by atoms with E-state index in [0.29, 0.717) is 15.2 Å². The lowest BCUT2D eigenvalue weighted by Gasteiger charge is -2.14. The highest BCUT2D eigenvalue weighted by atomic mass is 79.9. The van der Waals surface area contributed by atoms with Crippen LogP contribution in [0.25, 0.3) is 0 Å². The quantitative estimate of drug-likeness (QED) is 0.466. The van der Waals surface area contributed by atoms with Crippen LogP contribution in [0.2, 0.25) is 5.02 Å². The highest BCUT2D eigenvalue weighted by Crippen LogP contribution is 2.50. The first-order valence-electron chi connectivity index (χ1n) is 6.11. The molecule has 23 heavy (non-hydrogen) atoms. The highest BCUT2D eigenvalue weighted by Gasteiger charge is 2.34. The highest BCUT2D eigenvalue weighted by molar-refractivity contribution is 9.10. The summed E-state index contributed by atoms with van der Waals surface area (Å²) in [5, 5.41) is 1.33. The Balaban J connectivity index is 2.04. The number of rotatable bonds is 6. The largest absolute Gasteiger partial charge is 0.442 e. The molecular weight excluding hydrogens is 435 g/mol. The molecule has 1 unspecified atom stereocenters. The minimum atomic E-state index is -4.99. The van der Waals surface area contributed by atoms with Crippen molar-refractivity contribution >= 4 is 46.9 Å². The second-order valence-electron chi connectivity index (χ2n) is 4.30. The van der Waals surface area contributed by atoms with Gasteiger partial charge in [-0.2, -0.15) is 8.78 Å². The lowest BCUT2D eigenvalue weighted by atomic mass is 10.2. The van der Waals surface area contributed by atoms with E-state index in [9.17, 15) is 13.3 Å². The van der Waals surface area contributed by atoms with Gasteiger partial charge in [0.25, 0.3) is 0 Å².